The minimum absolute atomic E-state index is 0.158. The van der Waals surface area contributed by atoms with Crippen LogP contribution in [0.1, 0.15) is 35.4 Å². The summed E-state index contributed by atoms with van der Waals surface area (Å²) < 4.78 is 10.1. The van der Waals surface area contributed by atoms with Gasteiger partial charge in [0.25, 0.3) is 0 Å². The first-order valence-corrected chi connectivity index (χ1v) is 5.68. The van der Waals surface area contributed by atoms with E-state index in [-0.39, 0.29) is 24.6 Å². The number of cyclic esters (lactones) is 1. The van der Waals surface area contributed by atoms with Crippen molar-refractivity contribution in [3.05, 3.63) is 47.5 Å². The van der Waals surface area contributed by atoms with Gasteiger partial charge in [0.05, 0.1) is 5.56 Å². The van der Waals surface area contributed by atoms with Crippen molar-refractivity contribution in [1.82, 2.24) is 0 Å². The van der Waals surface area contributed by atoms with Crippen molar-refractivity contribution in [2.45, 2.75) is 19.4 Å². The maximum atomic E-state index is 11.6. The van der Waals surface area contributed by atoms with E-state index in [2.05, 4.69) is 6.58 Å². The van der Waals surface area contributed by atoms with Gasteiger partial charge < -0.3 is 9.47 Å². The van der Waals surface area contributed by atoms with Gasteiger partial charge in [0, 0.05) is 18.9 Å². The normalized spacial score (nSPS) is 16.9. The molecule has 1 heterocycles. The van der Waals surface area contributed by atoms with Crippen LogP contribution in [-0.2, 0) is 14.3 Å². The maximum Gasteiger partial charge on any atom is 0.339 e. The fourth-order valence-electron chi connectivity index (χ4n) is 1.90. The van der Waals surface area contributed by atoms with Crippen molar-refractivity contribution < 1.29 is 19.1 Å². The first-order chi connectivity index (χ1) is 8.58. The molecule has 1 aliphatic heterocycles. The Labute approximate surface area is 105 Å². The van der Waals surface area contributed by atoms with E-state index in [0.29, 0.717) is 12.0 Å². The molecule has 0 aromatic heterocycles. The largest absolute Gasteiger partial charge is 0.461 e. The van der Waals surface area contributed by atoms with Gasteiger partial charge in [-0.15, -0.1) is 0 Å². The molecular formula is C14H14O4. The summed E-state index contributed by atoms with van der Waals surface area (Å²) in [5.41, 5.74) is 2.19. The number of rotatable bonds is 4. The number of hydrogen-bond donors (Lipinski definition) is 0. The van der Waals surface area contributed by atoms with Gasteiger partial charge in [0.1, 0.15) is 12.7 Å². The third kappa shape index (κ3) is 2.59. The van der Waals surface area contributed by atoms with E-state index in [0.717, 1.165) is 11.1 Å². The van der Waals surface area contributed by atoms with E-state index in [1.54, 1.807) is 12.1 Å². The molecule has 1 aliphatic rings. The van der Waals surface area contributed by atoms with E-state index in [1.807, 2.05) is 12.1 Å². The van der Waals surface area contributed by atoms with Crippen molar-refractivity contribution in [2.24, 2.45) is 0 Å². The number of esters is 2. The van der Waals surface area contributed by atoms with Crippen LogP contribution >= 0.6 is 0 Å². The summed E-state index contributed by atoms with van der Waals surface area (Å²) in [4.78, 5) is 22.3. The first kappa shape index (κ1) is 12.4. The van der Waals surface area contributed by atoms with Crippen molar-refractivity contribution >= 4 is 11.9 Å². The minimum atomic E-state index is -0.347. The summed E-state index contributed by atoms with van der Waals surface area (Å²) in [5, 5.41) is 0. The smallest absolute Gasteiger partial charge is 0.339 e. The molecule has 2 rings (SSSR count). The second-order valence-corrected chi connectivity index (χ2v) is 4.22. The highest BCUT2D eigenvalue weighted by atomic mass is 16.6. The van der Waals surface area contributed by atoms with Crippen LogP contribution in [-0.4, -0.2) is 18.5 Å². The molecule has 1 unspecified atom stereocenters. The number of hydrogen-bond acceptors (Lipinski definition) is 4. The molecule has 4 heteroatoms. The summed E-state index contributed by atoms with van der Waals surface area (Å²) in [6.45, 7) is 5.32. The zero-order chi connectivity index (χ0) is 13.1. The van der Waals surface area contributed by atoms with Crippen LogP contribution in [0.4, 0.5) is 0 Å². The molecule has 0 spiro atoms. The molecule has 18 heavy (non-hydrogen) atoms. The molecule has 0 N–H and O–H groups in total. The van der Waals surface area contributed by atoms with Gasteiger partial charge in [0.15, 0.2) is 0 Å². The Morgan fingerprint density at radius 2 is 2.17 bits per heavy atom. The number of fused-ring (bicyclic) bond motifs is 1. The zero-order valence-electron chi connectivity index (χ0n) is 10.1. The molecule has 0 saturated heterocycles. The fourth-order valence-corrected chi connectivity index (χ4v) is 1.90. The number of ether oxygens (including phenoxy) is 2. The lowest BCUT2D eigenvalue weighted by Gasteiger charge is -2.12. The van der Waals surface area contributed by atoms with E-state index in [9.17, 15) is 9.59 Å². The van der Waals surface area contributed by atoms with Crippen molar-refractivity contribution in [1.29, 1.82) is 0 Å². The van der Waals surface area contributed by atoms with Crippen LogP contribution in [0.5, 0.6) is 0 Å². The number of benzene rings is 1. The molecule has 0 aliphatic carbocycles. The number of carbonyl (C=O) groups is 2. The van der Waals surface area contributed by atoms with Crippen molar-refractivity contribution in [3.8, 4) is 0 Å². The van der Waals surface area contributed by atoms with E-state index in [4.69, 9.17) is 9.47 Å². The van der Waals surface area contributed by atoms with Gasteiger partial charge in [-0.25, -0.2) is 4.79 Å². The quantitative estimate of drug-likeness (QED) is 0.604. The van der Waals surface area contributed by atoms with Gasteiger partial charge in [-0.2, -0.15) is 0 Å². The summed E-state index contributed by atoms with van der Waals surface area (Å²) >= 11 is 0. The molecule has 0 bridgehead atoms. The Morgan fingerprint density at radius 1 is 1.44 bits per heavy atom. The van der Waals surface area contributed by atoms with Gasteiger partial charge in [-0.1, -0.05) is 24.8 Å². The average molecular weight is 246 g/mol. The lowest BCUT2D eigenvalue weighted by molar-refractivity contribution is -0.140. The topological polar surface area (TPSA) is 52.6 Å². The second kappa shape index (κ2) is 5.04. The van der Waals surface area contributed by atoms with Crippen LogP contribution < -0.4 is 0 Å². The predicted molar refractivity (Wildman–Crippen MR) is 65.0 cm³/mol. The molecule has 4 nitrogen and oxygen atoms in total. The maximum absolute atomic E-state index is 11.6. The molecule has 1 aromatic carbocycles. The molecule has 1 atom stereocenters. The fraction of sp³-hybridized carbons (Fsp3) is 0.286. The molecule has 0 saturated carbocycles. The molecule has 1 aromatic rings. The minimum Gasteiger partial charge on any atom is -0.461 e. The van der Waals surface area contributed by atoms with Crippen LogP contribution in [0.15, 0.2) is 36.4 Å². The lowest BCUT2D eigenvalue weighted by atomic mass is 10.0. The third-order valence-corrected chi connectivity index (χ3v) is 2.73. The Hall–Kier alpha value is -2.10. The zero-order valence-corrected chi connectivity index (χ0v) is 10.1. The van der Waals surface area contributed by atoms with E-state index in [1.165, 1.54) is 6.92 Å². The molecular weight excluding hydrogens is 232 g/mol. The molecule has 0 amide bonds. The molecule has 0 fully saturated rings. The summed E-state index contributed by atoms with van der Waals surface area (Å²) in [5.74, 6) is -0.657. The highest BCUT2D eigenvalue weighted by Crippen LogP contribution is 2.34. The van der Waals surface area contributed by atoms with Gasteiger partial charge >= 0.3 is 11.9 Å². The summed E-state index contributed by atoms with van der Waals surface area (Å²) in [6.07, 6.45) is 0.146. The van der Waals surface area contributed by atoms with Crippen LogP contribution in [0.2, 0.25) is 0 Å². The lowest BCUT2D eigenvalue weighted by Crippen LogP contribution is -2.06. The monoisotopic (exact) mass is 246 g/mol. The molecule has 0 radical (unpaired) electrons. The third-order valence-electron chi connectivity index (χ3n) is 2.73. The standard InChI is InChI=1S/C14H14O4/c1-9(8-17-10(2)15)7-13-11-5-3-4-6-12(11)14(16)18-13/h3-6,13H,1,7-8H2,2H3. The number of carbonyl (C=O) groups excluding carboxylic acids is 2. The molecule has 94 valence electrons. The van der Waals surface area contributed by atoms with Crippen LogP contribution in [0.3, 0.4) is 0 Å². The van der Waals surface area contributed by atoms with Crippen molar-refractivity contribution in [3.63, 3.8) is 0 Å². The van der Waals surface area contributed by atoms with Crippen molar-refractivity contribution in [2.75, 3.05) is 6.61 Å². The highest BCUT2D eigenvalue weighted by Gasteiger charge is 2.30. The summed E-state index contributed by atoms with van der Waals surface area (Å²) in [6, 6.07) is 7.27. The average Bonchev–Trinajstić information content (AvgIpc) is 2.65. The van der Waals surface area contributed by atoms with Crippen LogP contribution in [0, 0.1) is 0 Å². The Morgan fingerprint density at radius 3 is 2.89 bits per heavy atom. The van der Waals surface area contributed by atoms with E-state index < -0.39 is 0 Å². The SMILES string of the molecule is C=C(COC(C)=O)CC1OC(=O)c2ccccc21. The van der Waals surface area contributed by atoms with Crippen LogP contribution in [0.25, 0.3) is 0 Å². The Kier molecular flexibility index (Phi) is 3.46. The Balaban J connectivity index is 2.02. The Bertz CT molecular complexity index is 504. The first-order valence-electron chi connectivity index (χ1n) is 5.68. The van der Waals surface area contributed by atoms with Gasteiger partial charge in [0.2, 0.25) is 0 Å². The van der Waals surface area contributed by atoms with Gasteiger partial charge in [-0.3, -0.25) is 4.79 Å². The van der Waals surface area contributed by atoms with Gasteiger partial charge in [-0.05, 0) is 11.6 Å². The van der Waals surface area contributed by atoms with E-state index >= 15 is 0 Å². The predicted octanol–water partition coefficient (Wildman–Crippen LogP) is 2.41. The second-order valence-electron chi connectivity index (χ2n) is 4.22. The summed E-state index contributed by atoms with van der Waals surface area (Å²) in [7, 11) is 0. The highest BCUT2D eigenvalue weighted by molar-refractivity contribution is 5.94.